The molecule has 1 saturated heterocycles. The molecule has 1 unspecified atom stereocenters. The second-order valence-corrected chi connectivity index (χ2v) is 13.0. The third kappa shape index (κ3) is 6.69. The fourth-order valence-electron chi connectivity index (χ4n) is 6.51. The maximum absolute atomic E-state index is 15.0. The van der Waals surface area contributed by atoms with Crippen LogP contribution in [0.3, 0.4) is 0 Å². The van der Waals surface area contributed by atoms with Crippen LogP contribution in [0.15, 0.2) is 66.7 Å². The highest BCUT2D eigenvalue weighted by atomic mass is 19.1. The maximum atomic E-state index is 15.0. The number of nitrogens with one attached hydrogen (secondary N) is 2. The minimum atomic E-state index is -0.531. The molecule has 6 heteroatoms. The molecule has 2 amide bonds. The molecule has 1 aliphatic carbocycles. The molecule has 3 aromatic carbocycles. The summed E-state index contributed by atoms with van der Waals surface area (Å²) < 4.78 is 15.0. The number of aryl methyl sites for hydroxylation is 1. The van der Waals surface area contributed by atoms with E-state index < -0.39 is 17.8 Å². The van der Waals surface area contributed by atoms with Gasteiger partial charge in [-0.2, -0.15) is 0 Å². The molecule has 2 aliphatic rings. The van der Waals surface area contributed by atoms with Crippen molar-refractivity contribution in [1.29, 1.82) is 0 Å². The lowest BCUT2D eigenvalue weighted by molar-refractivity contribution is -0.123. The third-order valence-corrected chi connectivity index (χ3v) is 8.89. The number of hydrogen-bond acceptors (Lipinski definition) is 3. The van der Waals surface area contributed by atoms with Crippen LogP contribution in [0.4, 0.5) is 15.8 Å². The van der Waals surface area contributed by atoms with Crippen molar-refractivity contribution < 1.29 is 14.0 Å². The van der Waals surface area contributed by atoms with E-state index >= 15 is 4.39 Å². The summed E-state index contributed by atoms with van der Waals surface area (Å²) in [5.41, 5.74) is 4.43. The van der Waals surface area contributed by atoms with Crippen LogP contribution in [0.2, 0.25) is 0 Å². The molecule has 1 heterocycles. The summed E-state index contributed by atoms with van der Waals surface area (Å²) in [6.45, 7) is 8.65. The number of likely N-dealkylation sites (tertiary alicyclic amines) is 1. The zero-order chi connectivity index (χ0) is 29.9. The van der Waals surface area contributed by atoms with Crippen LogP contribution in [0, 0.1) is 18.7 Å². The quantitative estimate of drug-likeness (QED) is 0.313. The van der Waals surface area contributed by atoms with Gasteiger partial charge in [0.1, 0.15) is 5.82 Å². The van der Waals surface area contributed by atoms with Gasteiger partial charge in [0.15, 0.2) is 0 Å². The van der Waals surface area contributed by atoms with E-state index in [-0.39, 0.29) is 22.8 Å². The lowest BCUT2D eigenvalue weighted by Crippen LogP contribution is -2.46. The molecule has 222 valence electrons. The first-order valence-electron chi connectivity index (χ1n) is 15.5. The Morgan fingerprint density at radius 1 is 0.857 bits per heavy atom. The van der Waals surface area contributed by atoms with Crippen LogP contribution in [0.5, 0.6) is 0 Å². The summed E-state index contributed by atoms with van der Waals surface area (Å²) in [6.07, 6.45) is 7.45. The van der Waals surface area contributed by atoms with Crippen molar-refractivity contribution in [3.05, 3.63) is 94.8 Å². The Morgan fingerprint density at radius 3 is 2.26 bits per heavy atom. The molecule has 5 rings (SSSR count). The standard InChI is InChI=1S/C36H44FN3O2/c1-24-11-8-17-31(37)32(24)35(42)40-22-10-16-30(34(41)39-29-15-9-12-26(23-29)36(2,3)4)33(40)25-18-20-28(21-19-25)38-27-13-6-5-7-14-27/h8-9,11-12,15,17-21,23,27,30,33,38H,5-7,10,13-14,16,22H2,1-4H3,(H,39,41)/t30?,33-/m0/s1. The molecule has 0 bridgehead atoms. The van der Waals surface area contributed by atoms with Gasteiger partial charge in [0.05, 0.1) is 17.5 Å². The number of carbonyl (C=O) groups is 2. The van der Waals surface area contributed by atoms with Crippen LogP contribution in [-0.4, -0.2) is 29.3 Å². The zero-order valence-corrected chi connectivity index (χ0v) is 25.4. The Hall–Kier alpha value is -3.67. The largest absolute Gasteiger partial charge is 0.382 e. The van der Waals surface area contributed by atoms with E-state index in [9.17, 15) is 9.59 Å². The highest BCUT2D eigenvalue weighted by Gasteiger charge is 2.40. The predicted octanol–water partition coefficient (Wildman–Crippen LogP) is 8.41. The molecule has 1 saturated carbocycles. The van der Waals surface area contributed by atoms with Crippen LogP contribution in [-0.2, 0) is 10.2 Å². The van der Waals surface area contributed by atoms with Gasteiger partial charge >= 0.3 is 0 Å². The summed E-state index contributed by atoms with van der Waals surface area (Å²) in [6, 6.07) is 20.8. The van der Waals surface area contributed by atoms with E-state index in [1.54, 1.807) is 24.0 Å². The van der Waals surface area contributed by atoms with Gasteiger partial charge in [0.25, 0.3) is 5.91 Å². The normalized spacial score (nSPS) is 19.8. The minimum Gasteiger partial charge on any atom is -0.382 e. The summed E-state index contributed by atoms with van der Waals surface area (Å²) >= 11 is 0. The molecule has 3 aromatic rings. The van der Waals surface area contributed by atoms with Crippen LogP contribution in [0.25, 0.3) is 0 Å². The van der Waals surface area contributed by atoms with Gasteiger partial charge in [0.2, 0.25) is 5.91 Å². The Morgan fingerprint density at radius 2 is 1.57 bits per heavy atom. The SMILES string of the molecule is Cc1cccc(F)c1C(=O)N1CCCC(C(=O)Nc2cccc(C(C)(C)C)c2)[C@@H]1c1ccc(NC2CCCCC2)cc1. The van der Waals surface area contributed by atoms with E-state index in [4.69, 9.17) is 0 Å². The number of carbonyl (C=O) groups excluding carboxylic acids is 2. The fourth-order valence-corrected chi connectivity index (χ4v) is 6.51. The van der Waals surface area contributed by atoms with Gasteiger partial charge in [-0.05, 0) is 85.0 Å². The molecule has 1 aliphatic heterocycles. The van der Waals surface area contributed by atoms with Crippen LogP contribution in [0.1, 0.15) is 98.8 Å². The molecule has 2 fully saturated rings. The van der Waals surface area contributed by atoms with Crippen molar-refractivity contribution in [2.24, 2.45) is 5.92 Å². The third-order valence-electron chi connectivity index (χ3n) is 8.89. The highest BCUT2D eigenvalue weighted by molar-refractivity contribution is 5.98. The minimum absolute atomic E-state index is 0.0532. The second kappa shape index (κ2) is 12.7. The smallest absolute Gasteiger partial charge is 0.257 e. The van der Waals surface area contributed by atoms with Gasteiger partial charge in [-0.15, -0.1) is 0 Å². The number of piperidine rings is 1. The summed E-state index contributed by atoms with van der Waals surface area (Å²) in [5.74, 6) is -1.51. The summed E-state index contributed by atoms with van der Waals surface area (Å²) in [4.78, 5) is 29.6. The number of anilines is 2. The number of amides is 2. The molecule has 0 radical (unpaired) electrons. The Labute approximate surface area is 249 Å². The lowest BCUT2D eigenvalue weighted by atomic mass is 9.83. The number of nitrogens with zero attached hydrogens (tertiary/aromatic N) is 1. The topological polar surface area (TPSA) is 61.4 Å². The summed E-state index contributed by atoms with van der Waals surface area (Å²) in [7, 11) is 0. The van der Waals surface area contributed by atoms with Gasteiger partial charge in [-0.25, -0.2) is 4.39 Å². The van der Waals surface area contributed by atoms with E-state index in [2.05, 4.69) is 49.6 Å². The van der Waals surface area contributed by atoms with Crippen LogP contribution < -0.4 is 10.6 Å². The predicted molar refractivity (Wildman–Crippen MR) is 168 cm³/mol. The van der Waals surface area contributed by atoms with Crippen molar-refractivity contribution in [2.45, 2.75) is 90.1 Å². The van der Waals surface area contributed by atoms with Crippen molar-refractivity contribution >= 4 is 23.2 Å². The molecule has 2 atom stereocenters. The molecule has 0 spiro atoms. The Bertz CT molecular complexity index is 1390. The van der Waals surface area contributed by atoms with Crippen molar-refractivity contribution in [2.75, 3.05) is 17.2 Å². The average Bonchev–Trinajstić information content (AvgIpc) is 2.97. The zero-order valence-electron chi connectivity index (χ0n) is 25.4. The van der Waals surface area contributed by atoms with Crippen LogP contribution >= 0.6 is 0 Å². The molecular formula is C36H44FN3O2. The number of benzene rings is 3. The fraction of sp³-hybridized carbons (Fsp3) is 0.444. The van der Waals surface area contributed by atoms with Crippen molar-refractivity contribution in [3.63, 3.8) is 0 Å². The van der Waals surface area contributed by atoms with Gasteiger partial charge in [-0.3, -0.25) is 9.59 Å². The maximum Gasteiger partial charge on any atom is 0.257 e. The first kappa shape index (κ1) is 29.8. The molecule has 0 aromatic heterocycles. The number of hydrogen-bond donors (Lipinski definition) is 2. The second-order valence-electron chi connectivity index (χ2n) is 13.0. The molecular weight excluding hydrogens is 525 g/mol. The Kier molecular flexibility index (Phi) is 9.00. The monoisotopic (exact) mass is 569 g/mol. The summed E-state index contributed by atoms with van der Waals surface area (Å²) in [5, 5.41) is 6.81. The number of halogens is 1. The number of rotatable bonds is 6. The first-order valence-corrected chi connectivity index (χ1v) is 15.5. The molecule has 42 heavy (non-hydrogen) atoms. The van der Waals surface area contributed by atoms with E-state index in [0.29, 0.717) is 31.0 Å². The van der Waals surface area contributed by atoms with Gasteiger partial charge in [-0.1, -0.05) is 76.4 Å². The molecule has 2 N–H and O–H groups in total. The Balaban J connectivity index is 1.46. The average molecular weight is 570 g/mol. The van der Waals surface area contributed by atoms with E-state index in [1.165, 1.54) is 38.2 Å². The van der Waals surface area contributed by atoms with E-state index in [1.807, 2.05) is 30.3 Å². The lowest BCUT2D eigenvalue weighted by Gasteiger charge is -2.41. The highest BCUT2D eigenvalue weighted by Crippen LogP contribution is 2.39. The van der Waals surface area contributed by atoms with Gasteiger partial charge < -0.3 is 15.5 Å². The van der Waals surface area contributed by atoms with E-state index in [0.717, 1.165) is 22.5 Å². The van der Waals surface area contributed by atoms with Gasteiger partial charge in [0, 0.05) is 24.0 Å². The van der Waals surface area contributed by atoms with Crippen molar-refractivity contribution in [3.8, 4) is 0 Å². The first-order chi connectivity index (χ1) is 20.1. The molecule has 5 nitrogen and oxygen atoms in total. The van der Waals surface area contributed by atoms with Crippen molar-refractivity contribution in [1.82, 2.24) is 4.90 Å².